The third-order valence-electron chi connectivity index (χ3n) is 5.31. The summed E-state index contributed by atoms with van der Waals surface area (Å²) in [5.41, 5.74) is 1.58. The van der Waals surface area contributed by atoms with E-state index in [-0.39, 0.29) is 24.1 Å². The van der Waals surface area contributed by atoms with E-state index in [1.165, 1.54) is 12.1 Å². The Hall–Kier alpha value is -3.19. The summed E-state index contributed by atoms with van der Waals surface area (Å²) in [4.78, 5) is 25.6. The molecule has 0 radical (unpaired) electrons. The second-order valence-electron chi connectivity index (χ2n) is 6.97. The molecule has 6 nitrogen and oxygen atoms in total. The van der Waals surface area contributed by atoms with Gasteiger partial charge in [0, 0.05) is 22.7 Å². The van der Waals surface area contributed by atoms with Crippen molar-refractivity contribution in [3.8, 4) is 0 Å². The molecule has 5 rings (SSSR count). The Morgan fingerprint density at radius 3 is 2.68 bits per heavy atom. The molecule has 1 unspecified atom stereocenters. The molecule has 28 heavy (non-hydrogen) atoms. The molecule has 3 aromatic rings. The van der Waals surface area contributed by atoms with E-state index in [0.29, 0.717) is 34.2 Å². The van der Waals surface area contributed by atoms with Crippen LogP contribution in [0.25, 0.3) is 0 Å². The Morgan fingerprint density at radius 2 is 1.89 bits per heavy atom. The molecule has 1 aromatic heterocycles. The fourth-order valence-electron chi connectivity index (χ4n) is 4.00. The predicted octanol–water partition coefficient (Wildman–Crippen LogP) is 3.30. The maximum Gasteiger partial charge on any atom is 0.240 e. The molecule has 2 aromatic carbocycles. The Kier molecular flexibility index (Phi) is 3.57. The van der Waals surface area contributed by atoms with E-state index >= 15 is 0 Å². The minimum atomic E-state index is -1.17. The predicted molar refractivity (Wildman–Crippen MR) is 102 cm³/mol. The third kappa shape index (κ3) is 2.36. The molecule has 8 heteroatoms. The van der Waals surface area contributed by atoms with Crippen molar-refractivity contribution in [1.82, 2.24) is 9.78 Å². The van der Waals surface area contributed by atoms with Crippen LogP contribution in [-0.4, -0.2) is 21.6 Å². The molecule has 1 atom stereocenters. The van der Waals surface area contributed by atoms with Crippen LogP contribution >= 0.6 is 11.6 Å². The zero-order valence-corrected chi connectivity index (χ0v) is 15.3. The Bertz CT molecular complexity index is 1140. The van der Waals surface area contributed by atoms with E-state index in [9.17, 15) is 14.0 Å². The van der Waals surface area contributed by atoms with Gasteiger partial charge in [0.2, 0.25) is 11.8 Å². The van der Waals surface area contributed by atoms with Gasteiger partial charge in [0.05, 0.1) is 12.7 Å². The van der Waals surface area contributed by atoms with Gasteiger partial charge in [-0.15, -0.1) is 0 Å². The summed E-state index contributed by atoms with van der Waals surface area (Å²) in [6.07, 6.45) is 1.58. The number of anilines is 2. The fourth-order valence-corrected chi connectivity index (χ4v) is 4.17. The first-order chi connectivity index (χ1) is 13.5. The monoisotopic (exact) mass is 396 g/mol. The van der Waals surface area contributed by atoms with E-state index in [0.717, 1.165) is 5.56 Å². The molecule has 0 saturated carbocycles. The number of halogens is 2. The lowest BCUT2D eigenvalue weighted by Gasteiger charge is -2.31. The van der Waals surface area contributed by atoms with Crippen molar-refractivity contribution in [2.75, 3.05) is 10.6 Å². The normalized spacial score (nSPS) is 19.9. The van der Waals surface area contributed by atoms with Crippen molar-refractivity contribution in [1.29, 1.82) is 0 Å². The van der Waals surface area contributed by atoms with Gasteiger partial charge in [-0.3, -0.25) is 9.59 Å². The highest BCUT2D eigenvalue weighted by Gasteiger charge is 2.54. The van der Waals surface area contributed by atoms with Crippen molar-refractivity contribution in [2.24, 2.45) is 0 Å². The molecule has 3 heterocycles. The van der Waals surface area contributed by atoms with E-state index in [4.69, 9.17) is 11.6 Å². The molecule has 140 valence electrons. The first kappa shape index (κ1) is 16.9. The highest BCUT2D eigenvalue weighted by Crippen LogP contribution is 2.50. The first-order valence-corrected chi connectivity index (χ1v) is 9.07. The number of nitrogens with one attached hydrogen (secondary N) is 2. The Balaban J connectivity index is 1.65. The van der Waals surface area contributed by atoms with E-state index in [1.807, 2.05) is 0 Å². The molecular weight excluding hydrogens is 383 g/mol. The second kappa shape index (κ2) is 5.90. The van der Waals surface area contributed by atoms with E-state index < -0.39 is 5.41 Å². The lowest BCUT2D eigenvalue weighted by molar-refractivity contribution is -0.125. The van der Waals surface area contributed by atoms with Gasteiger partial charge in [0.15, 0.2) is 0 Å². The standard InChI is InChI=1S/C20H14ClFN4O2/c21-12-3-6-16-14(7-12)20(19(28)24-16)8-17(27)25-18-15(20)9-23-26(18)10-11-1-4-13(22)5-2-11/h1-7,9H,8,10H2,(H,24,28)(H,25,27). The average Bonchev–Trinajstić information content (AvgIpc) is 3.18. The summed E-state index contributed by atoms with van der Waals surface area (Å²) in [5.74, 6) is -0.420. The van der Waals surface area contributed by atoms with Crippen LogP contribution in [-0.2, 0) is 21.5 Å². The molecule has 1 spiro atoms. The first-order valence-electron chi connectivity index (χ1n) is 8.69. The van der Waals surface area contributed by atoms with Crippen LogP contribution in [0.4, 0.5) is 15.9 Å². The van der Waals surface area contributed by atoms with Gasteiger partial charge >= 0.3 is 0 Å². The van der Waals surface area contributed by atoms with Crippen LogP contribution in [0.3, 0.4) is 0 Å². The second-order valence-corrected chi connectivity index (χ2v) is 7.40. The van der Waals surface area contributed by atoms with Crippen LogP contribution in [0.15, 0.2) is 48.7 Å². The topological polar surface area (TPSA) is 76.0 Å². The molecule has 2 aliphatic rings. The van der Waals surface area contributed by atoms with Gasteiger partial charge in [-0.1, -0.05) is 23.7 Å². The fraction of sp³-hybridized carbons (Fsp3) is 0.150. The molecule has 0 saturated heterocycles. The summed E-state index contributed by atoms with van der Waals surface area (Å²) < 4.78 is 14.8. The van der Waals surface area contributed by atoms with Crippen molar-refractivity contribution in [3.63, 3.8) is 0 Å². The van der Waals surface area contributed by atoms with Gasteiger partial charge in [0.25, 0.3) is 0 Å². The number of hydrogen-bond donors (Lipinski definition) is 2. The van der Waals surface area contributed by atoms with Crippen LogP contribution in [0, 0.1) is 5.82 Å². The molecule has 2 amide bonds. The number of aromatic nitrogens is 2. The summed E-state index contributed by atoms with van der Waals surface area (Å²) in [6.45, 7) is 0.329. The molecule has 2 N–H and O–H groups in total. The quantitative estimate of drug-likeness (QED) is 0.697. The number of hydrogen-bond acceptors (Lipinski definition) is 3. The lowest BCUT2D eigenvalue weighted by atomic mass is 9.72. The van der Waals surface area contributed by atoms with E-state index in [2.05, 4.69) is 15.7 Å². The molecule has 0 bridgehead atoms. The van der Waals surface area contributed by atoms with Crippen LogP contribution in [0.2, 0.25) is 5.02 Å². The van der Waals surface area contributed by atoms with Gasteiger partial charge in [-0.2, -0.15) is 5.10 Å². The lowest BCUT2D eigenvalue weighted by Crippen LogP contribution is -2.43. The van der Waals surface area contributed by atoms with Crippen molar-refractivity contribution < 1.29 is 14.0 Å². The zero-order valence-electron chi connectivity index (χ0n) is 14.5. The number of benzene rings is 2. The SMILES string of the molecule is O=C1CC2(C(=O)Nc3ccc(Cl)cc32)c2cnn(Cc3ccc(F)cc3)c2N1. The summed E-state index contributed by atoms with van der Waals surface area (Å²) in [6, 6.07) is 11.2. The minimum absolute atomic E-state index is 0.0264. The number of rotatable bonds is 2. The number of carbonyl (C=O) groups excluding carboxylic acids is 2. The van der Waals surface area contributed by atoms with Gasteiger partial charge < -0.3 is 10.6 Å². The van der Waals surface area contributed by atoms with Crippen molar-refractivity contribution >= 4 is 34.9 Å². The third-order valence-corrected chi connectivity index (χ3v) is 5.54. The van der Waals surface area contributed by atoms with Gasteiger partial charge in [-0.05, 0) is 41.5 Å². The van der Waals surface area contributed by atoms with E-state index in [1.54, 1.807) is 41.2 Å². The van der Waals surface area contributed by atoms with Crippen LogP contribution in [0.5, 0.6) is 0 Å². The van der Waals surface area contributed by atoms with Gasteiger partial charge in [0.1, 0.15) is 17.1 Å². The molecule has 0 fully saturated rings. The summed E-state index contributed by atoms with van der Waals surface area (Å²) in [7, 11) is 0. The highest BCUT2D eigenvalue weighted by atomic mass is 35.5. The molecular formula is C20H14ClFN4O2. The summed E-state index contributed by atoms with van der Waals surface area (Å²) in [5, 5.41) is 10.6. The van der Waals surface area contributed by atoms with Crippen molar-refractivity contribution in [3.05, 3.63) is 76.2 Å². The largest absolute Gasteiger partial charge is 0.325 e. The van der Waals surface area contributed by atoms with Crippen LogP contribution in [0.1, 0.15) is 23.1 Å². The minimum Gasteiger partial charge on any atom is -0.325 e. The maximum atomic E-state index is 13.2. The van der Waals surface area contributed by atoms with Gasteiger partial charge in [-0.25, -0.2) is 9.07 Å². The number of fused-ring (bicyclic) bond motifs is 4. The molecule has 0 aliphatic carbocycles. The Morgan fingerprint density at radius 1 is 1.11 bits per heavy atom. The number of carbonyl (C=O) groups is 2. The molecule has 2 aliphatic heterocycles. The zero-order chi connectivity index (χ0) is 19.5. The summed E-state index contributed by atoms with van der Waals surface area (Å²) >= 11 is 6.17. The smallest absolute Gasteiger partial charge is 0.240 e. The Labute approximate surface area is 164 Å². The average molecular weight is 397 g/mol. The highest BCUT2D eigenvalue weighted by molar-refractivity contribution is 6.31. The number of amides is 2. The maximum absolute atomic E-state index is 13.2. The van der Waals surface area contributed by atoms with Crippen molar-refractivity contribution in [2.45, 2.75) is 18.4 Å². The van der Waals surface area contributed by atoms with Crippen LogP contribution < -0.4 is 10.6 Å². The number of nitrogens with zero attached hydrogens (tertiary/aromatic N) is 2.